The zero-order chi connectivity index (χ0) is 15.7. The SMILES string of the molecule is COc1ccc([N+](=O)[O-])c2c1c(CCC(=O)O)c(C)n2C. The van der Waals surface area contributed by atoms with Crippen LogP contribution in [0.5, 0.6) is 5.75 Å². The standard InChI is InChI=1S/C14H16N2O5/c1-8-9(4-7-12(17)18)13-11(21-3)6-5-10(16(19)20)14(13)15(8)2/h5-6H,4,7H2,1-3H3,(H,17,18). The first-order valence-electron chi connectivity index (χ1n) is 6.39. The van der Waals surface area contributed by atoms with Crippen molar-refractivity contribution in [3.63, 3.8) is 0 Å². The van der Waals surface area contributed by atoms with Gasteiger partial charge in [-0.15, -0.1) is 0 Å². The van der Waals surface area contributed by atoms with Gasteiger partial charge in [0.2, 0.25) is 0 Å². The summed E-state index contributed by atoms with van der Waals surface area (Å²) in [5.41, 5.74) is 2.02. The molecule has 0 amide bonds. The van der Waals surface area contributed by atoms with E-state index in [2.05, 4.69) is 0 Å². The Morgan fingerprint density at radius 1 is 1.48 bits per heavy atom. The van der Waals surface area contributed by atoms with Crippen LogP contribution in [0.2, 0.25) is 0 Å². The minimum absolute atomic E-state index is 0.0158. The number of hydrogen-bond acceptors (Lipinski definition) is 4. The van der Waals surface area contributed by atoms with E-state index < -0.39 is 10.9 Å². The Hall–Kier alpha value is -2.57. The van der Waals surface area contributed by atoms with Crippen LogP contribution in [0.1, 0.15) is 17.7 Å². The Balaban J connectivity index is 2.79. The molecule has 1 heterocycles. The maximum atomic E-state index is 11.2. The lowest BCUT2D eigenvalue weighted by molar-refractivity contribution is -0.383. The molecule has 21 heavy (non-hydrogen) atoms. The van der Waals surface area contributed by atoms with Crippen LogP contribution in [-0.4, -0.2) is 27.7 Å². The number of ether oxygens (including phenoxy) is 1. The Bertz CT molecular complexity index is 733. The summed E-state index contributed by atoms with van der Waals surface area (Å²) in [7, 11) is 3.22. The molecule has 1 N–H and O–H groups in total. The van der Waals surface area contributed by atoms with Crippen LogP contribution >= 0.6 is 0 Å². The van der Waals surface area contributed by atoms with Crippen LogP contribution in [0.4, 0.5) is 5.69 Å². The number of aryl methyl sites for hydroxylation is 2. The van der Waals surface area contributed by atoms with Crippen molar-refractivity contribution >= 4 is 22.6 Å². The molecule has 0 aliphatic carbocycles. The van der Waals surface area contributed by atoms with Crippen molar-refractivity contribution in [1.82, 2.24) is 4.57 Å². The monoisotopic (exact) mass is 292 g/mol. The highest BCUT2D eigenvalue weighted by Crippen LogP contribution is 2.38. The van der Waals surface area contributed by atoms with E-state index in [-0.39, 0.29) is 12.1 Å². The van der Waals surface area contributed by atoms with Gasteiger partial charge in [-0.3, -0.25) is 14.9 Å². The number of carbonyl (C=O) groups is 1. The smallest absolute Gasteiger partial charge is 0.303 e. The minimum Gasteiger partial charge on any atom is -0.496 e. The fraction of sp³-hybridized carbons (Fsp3) is 0.357. The van der Waals surface area contributed by atoms with Crippen molar-refractivity contribution in [1.29, 1.82) is 0 Å². The minimum atomic E-state index is -0.907. The topological polar surface area (TPSA) is 94.6 Å². The number of hydrogen-bond donors (Lipinski definition) is 1. The lowest BCUT2D eigenvalue weighted by atomic mass is 10.0. The molecule has 0 spiro atoms. The van der Waals surface area contributed by atoms with E-state index in [9.17, 15) is 14.9 Å². The molecule has 0 radical (unpaired) electrons. The number of non-ortho nitro benzene ring substituents is 1. The molecule has 0 atom stereocenters. The first-order chi connectivity index (χ1) is 9.88. The van der Waals surface area contributed by atoms with Crippen LogP contribution in [0.15, 0.2) is 12.1 Å². The van der Waals surface area contributed by atoms with Gasteiger partial charge in [0.1, 0.15) is 11.3 Å². The van der Waals surface area contributed by atoms with E-state index in [1.165, 1.54) is 13.2 Å². The number of fused-ring (bicyclic) bond motifs is 1. The molecule has 1 aromatic heterocycles. The number of nitro benzene ring substituents is 1. The quantitative estimate of drug-likeness (QED) is 0.674. The van der Waals surface area contributed by atoms with E-state index in [0.717, 1.165) is 11.3 Å². The van der Waals surface area contributed by atoms with Gasteiger partial charge in [0, 0.05) is 25.2 Å². The summed E-state index contributed by atoms with van der Waals surface area (Å²) in [5.74, 6) is -0.393. The largest absolute Gasteiger partial charge is 0.496 e. The molecule has 2 aromatic rings. The Labute approximate surface area is 120 Å². The fourth-order valence-electron chi connectivity index (χ4n) is 2.60. The average molecular weight is 292 g/mol. The summed E-state index contributed by atoms with van der Waals surface area (Å²) in [6.45, 7) is 1.82. The highest BCUT2D eigenvalue weighted by atomic mass is 16.6. The summed E-state index contributed by atoms with van der Waals surface area (Å²) >= 11 is 0. The van der Waals surface area contributed by atoms with E-state index >= 15 is 0 Å². The predicted octanol–water partition coefficient (Wildman–Crippen LogP) is 2.42. The average Bonchev–Trinajstić information content (AvgIpc) is 2.68. The molecule has 0 fully saturated rings. The van der Waals surface area contributed by atoms with Crippen molar-refractivity contribution < 1.29 is 19.6 Å². The number of aromatic nitrogens is 1. The molecule has 2 rings (SSSR count). The Morgan fingerprint density at radius 2 is 2.14 bits per heavy atom. The predicted molar refractivity (Wildman–Crippen MR) is 76.8 cm³/mol. The summed E-state index contributed by atoms with van der Waals surface area (Å²) in [6.07, 6.45) is 0.266. The molecular formula is C14H16N2O5. The van der Waals surface area contributed by atoms with E-state index in [4.69, 9.17) is 9.84 Å². The second-order valence-electron chi connectivity index (χ2n) is 4.78. The van der Waals surface area contributed by atoms with Gasteiger partial charge < -0.3 is 14.4 Å². The Kier molecular flexibility index (Phi) is 3.84. The molecule has 112 valence electrons. The first kappa shape index (κ1) is 14.8. The lowest BCUT2D eigenvalue weighted by Gasteiger charge is -2.05. The second kappa shape index (κ2) is 5.43. The fourth-order valence-corrected chi connectivity index (χ4v) is 2.60. The Morgan fingerprint density at radius 3 is 2.67 bits per heavy atom. The third-order valence-corrected chi connectivity index (χ3v) is 3.70. The van der Waals surface area contributed by atoms with Crippen LogP contribution in [0, 0.1) is 17.0 Å². The van der Waals surface area contributed by atoms with Gasteiger partial charge in [-0.2, -0.15) is 0 Å². The number of carboxylic acids is 1. The molecule has 0 saturated carbocycles. The van der Waals surface area contributed by atoms with Gasteiger partial charge in [0.25, 0.3) is 5.69 Å². The number of rotatable bonds is 5. The third-order valence-electron chi connectivity index (χ3n) is 3.70. The third kappa shape index (κ3) is 2.42. The number of aliphatic carboxylic acids is 1. The maximum absolute atomic E-state index is 11.2. The van der Waals surface area contributed by atoms with Gasteiger partial charge >= 0.3 is 5.97 Å². The van der Waals surface area contributed by atoms with Crippen LogP contribution in [0.25, 0.3) is 10.9 Å². The number of carboxylic acid groups (broad SMARTS) is 1. The molecule has 7 nitrogen and oxygen atoms in total. The normalized spacial score (nSPS) is 10.8. The number of nitrogens with zero attached hydrogens (tertiary/aromatic N) is 2. The molecular weight excluding hydrogens is 276 g/mol. The van der Waals surface area contributed by atoms with Crippen molar-refractivity contribution in [2.75, 3.05) is 7.11 Å². The molecule has 0 aliphatic heterocycles. The molecule has 0 bridgehead atoms. The molecule has 0 unspecified atom stereocenters. The maximum Gasteiger partial charge on any atom is 0.303 e. The summed E-state index contributed by atoms with van der Waals surface area (Å²) in [4.78, 5) is 21.6. The van der Waals surface area contributed by atoms with Crippen molar-refractivity contribution in [3.05, 3.63) is 33.5 Å². The van der Waals surface area contributed by atoms with Crippen LogP contribution in [0.3, 0.4) is 0 Å². The van der Waals surface area contributed by atoms with Gasteiger partial charge in [-0.1, -0.05) is 0 Å². The van der Waals surface area contributed by atoms with Gasteiger partial charge in [-0.25, -0.2) is 0 Å². The molecule has 7 heteroatoms. The van der Waals surface area contributed by atoms with E-state index in [1.807, 2.05) is 6.92 Å². The van der Waals surface area contributed by atoms with Crippen molar-refractivity contribution in [3.8, 4) is 5.75 Å². The van der Waals surface area contributed by atoms with Crippen molar-refractivity contribution in [2.45, 2.75) is 19.8 Å². The van der Waals surface area contributed by atoms with Gasteiger partial charge in [0.05, 0.1) is 17.4 Å². The number of methoxy groups -OCH3 is 1. The molecule has 0 aliphatic rings. The van der Waals surface area contributed by atoms with Crippen LogP contribution in [-0.2, 0) is 18.3 Å². The summed E-state index contributed by atoms with van der Waals surface area (Å²) in [5, 5.41) is 20.7. The van der Waals surface area contributed by atoms with Gasteiger partial charge in [0.15, 0.2) is 0 Å². The molecule has 1 aromatic carbocycles. The van der Waals surface area contributed by atoms with E-state index in [1.54, 1.807) is 17.7 Å². The lowest BCUT2D eigenvalue weighted by Crippen LogP contribution is -1.99. The zero-order valence-electron chi connectivity index (χ0n) is 12.0. The zero-order valence-corrected chi connectivity index (χ0v) is 12.0. The second-order valence-corrected chi connectivity index (χ2v) is 4.78. The molecule has 0 saturated heterocycles. The number of benzene rings is 1. The summed E-state index contributed by atoms with van der Waals surface area (Å²) < 4.78 is 7.01. The van der Waals surface area contributed by atoms with E-state index in [0.29, 0.717) is 23.1 Å². The van der Waals surface area contributed by atoms with Crippen molar-refractivity contribution in [2.24, 2.45) is 7.05 Å². The highest BCUT2D eigenvalue weighted by Gasteiger charge is 2.24. The number of nitro groups is 1. The summed E-state index contributed by atoms with van der Waals surface area (Å²) in [6, 6.07) is 2.95. The van der Waals surface area contributed by atoms with Crippen LogP contribution < -0.4 is 4.74 Å². The first-order valence-corrected chi connectivity index (χ1v) is 6.39. The van der Waals surface area contributed by atoms with Gasteiger partial charge in [-0.05, 0) is 25.0 Å². The highest BCUT2D eigenvalue weighted by molar-refractivity contribution is 5.97.